The molecule has 0 fully saturated rings. The van der Waals surface area contributed by atoms with Gasteiger partial charge in [0.2, 0.25) is 0 Å². The molecule has 1 atom stereocenters. The first kappa shape index (κ1) is 16.3. The molecule has 0 unspecified atom stereocenters. The molecule has 0 saturated heterocycles. The zero-order chi connectivity index (χ0) is 15.3. The minimum Gasteiger partial charge on any atom is -0.395 e. The number of benzene rings is 1. The van der Waals surface area contributed by atoms with E-state index in [-0.39, 0.29) is 18.7 Å². The van der Waals surface area contributed by atoms with Crippen LogP contribution in [-0.4, -0.2) is 42.4 Å². The normalized spacial score (nSPS) is 12.9. The van der Waals surface area contributed by atoms with Gasteiger partial charge < -0.3 is 15.3 Å². The van der Waals surface area contributed by atoms with Crippen molar-refractivity contribution in [2.75, 3.05) is 20.2 Å². The standard InChI is InChI=1S/C13H17F3N2O2/c1-9-4-3-5-10(8-9)11(13(14,15)16)17-12(20)18(2)6-7-19/h3-5,8,11,19H,6-7H2,1-2H3,(H,17,20)/t11-/m1/s1. The average Bonchev–Trinajstić information content (AvgIpc) is 2.34. The maximum absolute atomic E-state index is 13.1. The maximum atomic E-state index is 13.1. The summed E-state index contributed by atoms with van der Waals surface area (Å²) in [5, 5.41) is 10.6. The van der Waals surface area contributed by atoms with Crippen LogP contribution in [0, 0.1) is 6.92 Å². The first-order valence-electron chi connectivity index (χ1n) is 6.01. The van der Waals surface area contributed by atoms with E-state index in [0.717, 1.165) is 4.90 Å². The van der Waals surface area contributed by atoms with E-state index in [2.05, 4.69) is 0 Å². The van der Waals surface area contributed by atoms with E-state index in [0.29, 0.717) is 5.56 Å². The highest BCUT2D eigenvalue weighted by molar-refractivity contribution is 5.74. The molecule has 0 aliphatic carbocycles. The van der Waals surface area contributed by atoms with Crippen molar-refractivity contribution in [3.8, 4) is 0 Å². The molecular weight excluding hydrogens is 273 g/mol. The van der Waals surface area contributed by atoms with Crippen molar-refractivity contribution in [3.63, 3.8) is 0 Å². The maximum Gasteiger partial charge on any atom is 0.412 e. The molecular formula is C13H17F3N2O2. The van der Waals surface area contributed by atoms with Gasteiger partial charge in [-0.15, -0.1) is 0 Å². The third-order valence-corrected chi connectivity index (χ3v) is 2.75. The number of hydrogen-bond acceptors (Lipinski definition) is 2. The van der Waals surface area contributed by atoms with Crippen LogP contribution in [0.1, 0.15) is 17.2 Å². The van der Waals surface area contributed by atoms with Crippen LogP contribution in [-0.2, 0) is 0 Å². The third kappa shape index (κ3) is 4.41. The van der Waals surface area contributed by atoms with Gasteiger partial charge in [0.05, 0.1) is 6.61 Å². The second-order valence-electron chi connectivity index (χ2n) is 4.48. The Kier molecular flexibility index (Phi) is 5.38. The summed E-state index contributed by atoms with van der Waals surface area (Å²) in [5.74, 6) is 0. The average molecular weight is 290 g/mol. The number of nitrogens with zero attached hydrogens (tertiary/aromatic N) is 1. The number of carbonyl (C=O) groups is 1. The molecule has 0 radical (unpaired) electrons. The molecule has 0 bridgehead atoms. The summed E-state index contributed by atoms with van der Waals surface area (Å²) in [6.07, 6.45) is -4.59. The lowest BCUT2D eigenvalue weighted by Crippen LogP contribution is -2.45. The SMILES string of the molecule is Cc1cccc([C@@H](NC(=O)N(C)CCO)C(F)(F)F)c1. The van der Waals surface area contributed by atoms with Gasteiger partial charge in [-0.2, -0.15) is 13.2 Å². The molecule has 0 spiro atoms. The number of aryl methyl sites for hydroxylation is 1. The summed E-state index contributed by atoms with van der Waals surface area (Å²) in [7, 11) is 1.31. The summed E-state index contributed by atoms with van der Waals surface area (Å²) in [6.45, 7) is 1.33. The first-order chi connectivity index (χ1) is 9.25. The minimum atomic E-state index is -4.59. The highest BCUT2D eigenvalue weighted by Crippen LogP contribution is 2.33. The van der Waals surface area contributed by atoms with E-state index in [1.54, 1.807) is 13.0 Å². The number of aliphatic hydroxyl groups excluding tert-OH is 1. The van der Waals surface area contributed by atoms with E-state index in [9.17, 15) is 18.0 Å². The molecule has 4 nitrogen and oxygen atoms in total. The molecule has 0 saturated carbocycles. The molecule has 1 aromatic rings. The van der Waals surface area contributed by atoms with Crippen molar-refractivity contribution >= 4 is 6.03 Å². The zero-order valence-corrected chi connectivity index (χ0v) is 11.2. The van der Waals surface area contributed by atoms with Crippen molar-refractivity contribution in [1.82, 2.24) is 10.2 Å². The number of nitrogens with one attached hydrogen (secondary N) is 1. The molecule has 2 amide bonds. The van der Waals surface area contributed by atoms with Crippen LogP contribution >= 0.6 is 0 Å². The summed E-state index contributed by atoms with van der Waals surface area (Å²) in [4.78, 5) is 12.6. The number of aliphatic hydroxyl groups is 1. The van der Waals surface area contributed by atoms with E-state index in [4.69, 9.17) is 5.11 Å². The van der Waals surface area contributed by atoms with Crippen molar-refractivity contribution in [3.05, 3.63) is 35.4 Å². The van der Waals surface area contributed by atoms with Crippen LogP contribution in [0.25, 0.3) is 0 Å². The lowest BCUT2D eigenvalue weighted by Gasteiger charge is -2.25. The summed E-state index contributed by atoms with van der Waals surface area (Å²) < 4.78 is 39.2. The van der Waals surface area contributed by atoms with Crippen molar-refractivity contribution in [2.45, 2.75) is 19.1 Å². The molecule has 1 aromatic carbocycles. The number of urea groups is 1. The fraction of sp³-hybridized carbons (Fsp3) is 0.462. The van der Waals surface area contributed by atoms with Crippen LogP contribution in [0.4, 0.5) is 18.0 Å². The molecule has 0 heterocycles. The highest BCUT2D eigenvalue weighted by atomic mass is 19.4. The predicted octanol–water partition coefficient (Wildman–Crippen LogP) is 2.23. The van der Waals surface area contributed by atoms with Gasteiger partial charge in [-0.1, -0.05) is 29.8 Å². The molecule has 0 aromatic heterocycles. The Balaban J connectivity index is 2.95. The van der Waals surface area contributed by atoms with Gasteiger partial charge in [-0.05, 0) is 12.5 Å². The Labute approximate surface area is 115 Å². The summed E-state index contributed by atoms with van der Waals surface area (Å²) in [5.41, 5.74) is 0.651. The Morgan fingerprint density at radius 2 is 2.10 bits per heavy atom. The van der Waals surface area contributed by atoms with E-state index >= 15 is 0 Å². The number of likely N-dealkylation sites (N-methyl/N-ethyl adjacent to an activating group) is 1. The lowest BCUT2D eigenvalue weighted by molar-refractivity contribution is -0.155. The fourth-order valence-corrected chi connectivity index (χ4v) is 1.69. The smallest absolute Gasteiger partial charge is 0.395 e. The van der Waals surface area contributed by atoms with Gasteiger partial charge in [0.1, 0.15) is 0 Å². The lowest BCUT2D eigenvalue weighted by atomic mass is 10.0. The highest BCUT2D eigenvalue weighted by Gasteiger charge is 2.42. The monoisotopic (exact) mass is 290 g/mol. The predicted molar refractivity (Wildman–Crippen MR) is 68.2 cm³/mol. The fourth-order valence-electron chi connectivity index (χ4n) is 1.69. The van der Waals surface area contributed by atoms with Gasteiger partial charge in [0.15, 0.2) is 6.04 Å². The Bertz CT molecular complexity index is 463. The third-order valence-electron chi connectivity index (χ3n) is 2.75. The molecule has 0 aliphatic rings. The number of hydrogen-bond donors (Lipinski definition) is 2. The topological polar surface area (TPSA) is 52.6 Å². The minimum absolute atomic E-state index is 0.0248. The van der Waals surface area contributed by atoms with Gasteiger partial charge >= 0.3 is 12.2 Å². The van der Waals surface area contributed by atoms with Crippen molar-refractivity contribution in [1.29, 1.82) is 0 Å². The van der Waals surface area contributed by atoms with Crippen molar-refractivity contribution in [2.24, 2.45) is 0 Å². The van der Waals surface area contributed by atoms with Gasteiger partial charge in [-0.3, -0.25) is 0 Å². The molecule has 0 aliphatic heterocycles. The number of halogens is 3. The van der Waals surface area contributed by atoms with Crippen molar-refractivity contribution < 1.29 is 23.1 Å². The van der Waals surface area contributed by atoms with E-state index in [1.165, 1.54) is 25.2 Å². The second-order valence-corrected chi connectivity index (χ2v) is 4.48. The molecule has 1 rings (SSSR count). The molecule has 7 heteroatoms. The molecule has 20 heavy (non-hydrogen) atoms. The largest absolute Gasteiger partial charge is 0.412 e. The van der Waals surface area contributed by atoms with Gasteiger partial charge in [0, 0.05) is 13.6 Å². The number of carbonyl (C=O) groups excluding carboxylic acids is 1. The Morgan fingerprint density at radius 3 is 2.60 bits per heavy atom. The molecule has 2 N–H and O–H groups in total. The van der Waals surface area contributed by atoms with Gasteiger partial charge in [0.25, 0.3) is 0 Å². The van der Waals surface area contributed by atoms with Crippen LogP contribution < -0.4 is 5.32 Å². The van der Waals surface area contributed by atoms with Crippen LogP contribution in [0.3, 0.4) is 0 Å². The second kappa shape index (κ2) is 6.60. The van der Waals surface area contributed by atoms with Crippen LogP contribution in [0.15, 0.2) is 24.3 Å². The first-order valence-corrected chi connectivity index (χ1v) is 6.01. The Morgan fingerprint density at radius 1 is 1.45 bits per heavy atom. The van der Waals surface area contributed by atoms with Crippen LogP contribution in [0.2, 0.25) is 0 Å². The number of alkyl halides is 3. The number of rotatable bonds is 4. The Hall–Kier alpha value is -1.76. The van der Waals surface area contributed by atoms with E-state index in [1.807, 2.05) is 5.32 Å². The quantitative estimate of drug-likeness (QED) is 0.893. The summed E-state index contributed by atoms with van der Waals surface area (Å²) in [6, 6.07) is 2.92. The van der Waals surface area contributed by atoms with Gasteiger partial charge in [-0.25, -0.2) is 4.79 Å². The molecule has 112 valence electrons. The van der Waals surface area contributed by atoms with E-state index < -0.39 is 18.2 Å². The van der Waals surface area contributed by atoms with Crippen LogP contribution in [0.5, 0.6) is 0 Å². The number of amides is 2. The summed E-state index contributed by atoms with van der Waals surface area (Å²) >= 11 is 0. The zero-order valence-electron chi connectivity index (χ0n) is 11.2.